The van der Waals surface area contributed by atoms with E-state index >= 15 is 0 Å². The van der Waals surface area contributed by atoms with Crippen molar-refractivity contribution >= 4 is 11.8 Å². The molecule has 1 aliphatic heterocycles. The first-order valence-corrected chi connectivity index (χ1v) is 6.43. The molecule has 0 saturated carbocycles. The molecular formula is C13H24N2O2. The number of nitrogens with zero attached hydrogens (tertiary/aromatic N) is 2. The molecule has 1 fully saturated rings. The van der Waals surface area contributed by atoms with Crippen LogP contribution in [0.5, 0.6) is 0 Å². The molecule has 2 amide bonds. The minimum absolute atomic E-state index is 0.181. The molecule has 1 saturated heterocycles. The van der Waals surface area contributed by atoms with Crippen molar-refractivity contribution in [3.63, 3.8) is 0 Å². The van der Waals surface area contributed by atoms with Gasteiger partial charge in [-0.3, -0.25) is 9.59 Å². The van der Waals surface area contributed by atoms with Crippen LogP contribution in [0.1, 0.15) is 40.5 Å². The molecule has 0 N–H and O–H groups in total. The number of hydrogen-bond donors (Lipinski definition) is 0. The van der Waals surface area contributed by atoms with Gasteiger partial charge in [0.15, 0.2) is 0 Å². The fourth-order valence-corrected chi connectivity index (χ4v) is 2.01. The fourth-order valence-electron chi connectivity index (χ4n) is 2.01. The third-order valence-corrected chi connectivity index (χ3v) is 3.03. The average molecular weight is 240 g/mol. The number of rotatable bonds is 2. The van der Waals surface area contributed by atoms with Crippen molar-refractivity contribution in [1.82, 2.24) is 9.80 Å². The summed E-state index contributed by atoms with van der Waals surface area (Å²) in [6, 6.07) is 0. The number of carbonyl (C=O) groups is 2. The molecule has 17 heavy (non-hydrogen) atoms. The van der Waals surface area contributed by atoms with Gasteiger partial charge >= 0.3 is 0 Å². The molecule has 0 aromatic carbocycles. The molecular weight excluding hydrogens is 216 g/mol. The minimum atomic E-state index is -0.324. The summed E-state index contributed by atoms with van der Waals surface area (Å²) in [5.41, 5.74) is -0.324. The molecule has 0 spiro atoms. The summed E-state index contributed by atoms with van der Waals surface area (Å²) in [6.07, 6.45) is 1.51. The summed E-state index contributed by atoms with van der Waals surface area (Å²) in [5, 5.41) is 0. The van der Waals surface area contributed by atoms with Gasteiger partial charge in [0.2, 0.25) is 11.8 Å². The number of amides is 2. The molecule has 0 aromatic heterocycles. The van der Waals surface area contributed by atoms with E-state index in [2.05, 4.69) is 0 Å². The summed E-state index contributed by atoms with van der Waals surface area (Å²) in [4.78, 5) is 27.5. The van der Waals surface area contributed by atoms with Crippen LogP contribution in [0.15, 0.2) is 0 Å². The third-order valence-electron chi connectivity index (χ3n) is 3.03. The van der Waals surface area contributed by atoms with E-state index in [4.69, 9.17) is 0 Å². The van der Waals surface area contributed by atoms with Crippen LogP contribution in [0, 0.1) is 5.41 Å². The average Bonchev–Trinajstić information content (AvgIpc) is 2.27. The Kier molecular flexibility index (Phi) is 4.54. The van der Waals surface area contributed by atoms with Gasteiger partial charge in [0.25, 0.3) is 0 Å². The summed E-state index contributed by atoms with van der Waals surface area (Å²) < 4.78 is 0. The van der Waals surface area contributed by atoms with Crippen LogP contribution in [0.25, 0.3) is 0 Å². The summed E-state index contributed by atoms with van der Waals surface area (Å²) in [7, 11) is 0. The van der Waals surface area contributed by atoms with E-state index in [-0.39, 0.29) is 17.2 Å². The van der Waals surface area contributed by atoms with Crippen molar-refractivity contribution in [3.8, 4) is 0 Å². The van der Waals surface area contributed by atoms with E-state index < -0.39 is 0 Å². The molecule has 4 nitrogen and oxygen atoms in total. The van der Waals surface area contributed by atoms with E-state index in [1.165, 1.54) is 0 Å². The number of carbonyl (C=O) groups excluding carboxylic acids is 2. The van der Waals surface area contributed by atoms with Gasteiger partial charge in [0.05, 0.1) is 0 Å². The molecule has 98 valence electrons. The normalized spacial score (nSPS) is 17.2. The lowest BCUT2D eigenvalue weighted by atomic mass is 9.94. The predicted octanol–water partition coefficient (Wildman–Crippen LogP) is 1.50. The zero-order valence-electron chi connectivity index (χ0n) is 11.5. The molecule has 0 unspecified atom stereocenters. The van der Waals surface area contributed by atoms with Crippen molar-refractivity contribution in [2.45, 2.75) is 40.5 Å². The zero-order chi connectivity index (χ0) is 13.1. The number of hydrogen-bond acceptors (Lipinski definition) is 2. The first-order chi connectivity index (χ1) is 7.86. The third kappa shape index (κ3) is 3.72. The second-order valence-electron chi connectivity index (χ2n) is 5.67. The summed E-state index contributed by atoms with van der Waals surface area (Å²) >= 11 is 0. The highest BCUT2D eigenvalue weighted by Crippen LogP contribution is 2.18. The molecule has 0 aliphatic carbocycles. The standard InChI is InChI=1S/C13H24N2O2/c1-5-6-11(16)14-7-9-15(10-8-14)12(17)13(2,3)4/h5-10H2,1-4H3. The number of piperazine rings is 1. The van der Waals surface area contributed by atoms with Crippen molar-refractivity contribution in [1.29, 1.82) is 0 Å². The van der Waals surface area contributed by atoms with Crippen LogP contribution >= 0.6 is 0 Å². The van der Waals surface area contributed by atoms with E-state index in [0.717, 1.165) is 6.42 Å². The maximum Gasteiger partial charge on any atom is 0.228 e. The topological polar surface area (TPSA) is 40.6 Å². The van der Waals surface area contributed by atoms with E-state index in [0.29, 0.717) is 32.6 Å². The van der Waals surface area contributed by atoms with Gasteiger partial charge in [-0.1, -0.05) is 27.7 Å². The Bertz CT molecular complexity index is 286. The quantitative estimate of drug-likeness (QED) is 0.734. The van der Waals surface area contributed by atoms with Crippen LogP contribution in [0.2, 0.25) is 0 Å². The van der Waals surface area contributed by atoms with Gasteiger partial charge < -0.3 is 9.80 Å². The molecule has 0 aromatic rings. The molecule has 4 heteroatoms. The Morgan fingerprint density at radius 2 is 1.47 bits per heavy atom. The van der Waals surface area contributed by atoms with Gasteiger partial charge in [0, 0.05) is 38.0 Å². The minimum Gasteiger partial charge on any atom is -0.339 e. The van der Waals surface area contributed by atoms with Crippen LogP contribution < -0.4 is 0 Å². The first-order valence-electron chi connectivity index (χ1n) is 6.43. The highest BCUT2D eigenvalue weighted by molar-refractivity contribution is 5.82. The smallest absolute Gasteiger partial charge is 0.228 e. The Balaban J connectivity index is 2.46. The van der Waals surface area contributed by atoms with Crippen molar-refractivity contribution in [2.24, 2.45) is 5.41 Å². The van der Waals surface area contributed by atoms with E-state index in [1.807, 2.05) is 37.5 Å². The molecule has 0 bridgehead atoms. The Morgan fingerprint density at radius 1 is 1.00 bits per heavy atom. The van der Waals surface area contributed by atoms with Gasteiger partial charge in [-0.2, -0.15) is 0 Å². The van der Waals surface area contributed by atoms with Gasteiger partial charge in [0.1, 0.15) is 0 Å². The SMILES string of the molecule is CCCC(=O)N1CCN(C(=O)C(C)(C)C)CC1. The zero-order valence-corrected chi connectivity index (χ0v) is 11.5. The van der Waals surface area contributed by atoms with Gasteiger partial charge in [-0.15, -0.1) is 0 Å². The summed E-state index contributed by atoms with van der Waals surface area (Å²) in [5.74, 6) is 0.399. The van der Waals surface area contributed by atoms with Gasteiger partial charge in [-0.25, -0.2) is 0 Å². The summed E-state index contributed by atoms with van der Waals surface area (Å²) in [6.45, 7) is 10.5. The van der Waals surface area contributed by atoms with Crippen LogP contribution in [-0.4, -0.2) is 47.8 Å². The Labute approximate surface area is 104 Å². The predicted molar refractivity (Wildman–Crippen MR) is 67.5 cm³/mol. The van der Waals surface area contributed by atoms with Crippen LogP contribution in [0.4, 0.5) is 0 Å². The lowest BCUT2D eigenvalue weighted by Crippen LogP contribution is -2.53. The molecule has 1 heterocycles. The van der Waals surface area contributed by atoms with Crippen LogP contribution in [0.3, 0.4) is 0 Å². The molecule has 0 radical (unpaired) electrons. The maximum absolute atomic E-state index is 12.0. The van der Waals surface area contributed by atoms with E-state index in [1.54, 1.807) is 0 Å². The molecule has 0 atom stereocenters. The van der Waals surface area contributed by atoms with Crippen molar-refractivity contribution in [2.75, 3.05) is 26.2 Å². The second kappa shape index (κ2) is 5.52. The fraction of sp³-hybridized carbons (Fsp3) is 0.846. The Morgan fingerprint density at radius 3 is 1.88 bits per heavy atom. The maximum atomic E-state index is 12.0. The van der Waals surface area contributed by atoms with Crippen molar-refractivity contribution in [3.05, 3.63) is 0 Å². The highest BCUT2D eigenvalue weighted by Gasteiger charge is 2.30. The lowest BCUT2D eigenvalue weighted by molar-refractivity contribution is -0.144. The highest BCUT2D eigenvalue weighted by atomic mass is 16.2. The first kappa shape index (κ1) is 14.0. The molecule has 1 aliphatic rings. The molecule has 1 rings (SSSR count). The second-order valence-corrected chi connectivity index (χ2v) is 5.67. The van der Waals surface area contributed by atoms with Crippen molar-refractivity contribution < 1.29 is 9.59 Å². The largest absolute Gasteiger partial charge is 0.339 e. The lowest BCUT2D eigenvalue weighted by Gasteiger charge is -2.37. The van der Waals surface area contributed by atoms with Crippen LogP contribution in [-0.2, 0) is 9.59 Å². The van der Waals surface area contributed by atoms with Gasteiger partial charge in [-0.05, 0) is 6.42 Å². The monoisotopic (exact) mass is 240 g/mol. The Hall–Kier alpha value is -1.06. The van der Waals surface area contributed by atoms with E-state index in [9.17, 15) is 9.59 Å².